The zero-order valence-corrected chi connectivity index (χ0v) is 54.3. The van der Waals surface area contributed by atoms with Crippen LogP contribution in [0.1, 0.15) is 0 Å². The van der Waals surface area contributed by atoms with E-state index in [-0.39, 0.29) is 0 Å². The summed E-state index contributed by atoms with van der Waals surface area (Å²) in [4.78, 5) is 11.4. The number of aromatic nitrogens is 6. The lowest BCUT2D eigenvalue weighted by Gasteiger charge is -2.15. The first kappa shape index (κ1) is 56.9. The molecule has 0 saturated heterocycles. The van der Waals surface area contributed by atoms with Gasteiger partial charge in [-0.25, -0.2) is 9.97 Å². The molecule has 0 amide bonds. The maximum absolute atomic E-state index is 5.70. The minimum Gasteiger partial charge on any atom is -0.309 e. The quantitative estimate of drug-likeness (QED) is 0.130. The molecule has 0 fully saturated rings. The van der Waals surface area contributed by atoms with E-state index in [0.717, 1.165) is 106 Å². The Kier molecular flexibility index (Phi) is 13.2. The fourth-order valence-electron chi connectivity index (χ4n) is 15.8. The van der Waals surface area contributed by atoms with Gasteiger partial charge in [-0.3, -0.25) is 4.57 Å². The molecule has 100 heavy (non-hydrogen) atoms. The molecule has 0 saturated carbocycles. The summed E-state index contributed by atoms with van der Waals surface area (Å²) < 4.78 is 9.47. The molecule has 466 valence electrons. The Balaban J connectivity index is 0.744. The van der Waals surface area contributed by atoms with Crippen LogP contribution in [0.5, 0.6) is 0 Å². The van der Waals surface area contributed by atoms with Crippen LogP contribution in [0.2, 0.25) is 0 Å². The van der Waals surface area contributed by atoms with Crippen molar-refractivity contribution >= 4 is 87.2 Å². The molecule has 5 aromatic heterocycles. The smallest absolute Gasteiger partial charge is 0.235 e. The molecule has 5 heterocycles. The fraction of sp³-hybridized carbons (Fsp3) is 0. The first-order valence-corrected chi connectivity index (χ1v) is 34.2. The van der Waals surface area contributed by atoms with Gasteiger partial charge in [-0.15, -0.1) is 0 Å². The highest BCUT2D eigenvalue weighted by molar-refractivity contribution is 6.15. The second kappa shape index (κ2) is 23.2. The third-order valence-electron chi connectivity index (χ3n) is 20.4. The van der Waals surface area contributed by atoms with Crippen LogP contribution >= 0.6 is 0 Å². The first-order valence-electron chi connectivity index (χ1n) is 34.2. The van der Waals surface area contributed by atoms with Crippen molar-refractivity contribution in [2.75, 3.05) is 0 Å². The Bertz CT molecular complexity index is 6630. The molecule has 6 nitrogen and oxygen atoms in total. The Morgan fingerprint density at radius 3 is 1.02 bits per heavy atom. The lowest BCUT2D eigenvalue weighted by Crippen LogP contribution is -2.04. The second-order valence-corrected chi connectivity index (χ2v) is 26.1. The van der Waals surface area contributed by atoms with Crippen molar-refractivity contribution < 1.29 is 0 Å². The minimum absolute atomic E-state index is 0.585. The van der Waals surface area contributed by atoms with Gasteiger partial charge >= 0.3 is 0 Å². The lowest BCUT2D eigenvalue weighted by atomic mass is 9.90. The molecule has 20 aromatic rings. The summed E-state index contributed by atoms with van der Waals surface area (Å²) in [6.45, 7) is 0. The third-order valence-corrected chi connectivity index (χ3v) is 20.4. The summed E-state index contributed by atoms with van der Waals surface area (Å²) in [6, 6.07) is 132. The van der Waals surface area contributed by atoms with Crippen molar-refractivity contribution in [3.8, 4) is 101 Å². The van der Waals surface area contributed by atoms with E-state index in [1.807, 2.05) is 0 Å². The highest BCUT2D eigenvalue weighted by Crippen LogP contribution is 2.43. The molecule has 15 aromatic carbocycles. The van der Waals surface area contributed by atoms with Crippen LogP contribution in [-0.4, -0.2) is 28.2 Å². The zero-order chi connectivity index (χ0) is 65.8. The van der Waals surface area contributed by atoms with Gasteiger partial charge in [0.1, 0.15) is 0 Å². The van der Waals surface area contributed by atoms with Crippen LogP contribution in [0.15, 0.2) is 364 Å². The molecule has 0 radical (unpaired) electrons. The number of hydrogen-bond acceptors (Lipinski definition) is 2. The van der Waals surface area contributed by atoms with E-state index in [4.69, 9.17) is 9.97 Å². The van der Waals surface area contributed by atoms with Gasteiger partial charge in [0.25, 0.3) is 0 Å². The summed E-state index contributed by atoms with van der Waals surface area (Å²) in [6.07, 6.45) is 0. The van der Waals surface area contributed by atoms with E-state index < -0.39 is 0 Å². The van der Waals surface area contributed by atoms with E-state index in [0.29, 0.717) is 5.95 Å². The molecule has 0 unspecified atom stereocenters. The Morgan fingerprint density at radius 1 is 0.160 bits per heavy atom. The lowest BCUT2D eigenvalue weighted by molar-refractivity contribution is 0.995. The van der Waals surface area contributed by atoms with Crippen LogP contribution in [-0.2, 0) is 0 Å². The number of rotatable bonds is 11. The number of nitrogens with zero attached hydrogens (tertiary/aromatic N) is 6. The standard InChI is InChI=1S/C94H60N6/c1-5-23-61(24-6-1)74-48-43-64(55-81(74)62-25-7-2-8-26-62)63-27-21-28-69(53-63)84-60-85(96-94(95-84)100-89-42-20-16-38-78(89)83-57-66(47-52-91(83)100)68-45-50-80-76-36-14-18-40-87(76)98(93(80)59-68)72-32-11-4-12-33-72)70-29-22-34-73(54-70)99-88-41-19-15-37-77(88)82-56-65(46-51-90(82)99)67-44-49-79-75-35-13-17-39-86(75)97(92(79)58-67)71-30-9-3-10-31-71/h1-60H. The van der Waals surface area contributed by atoms with Crippen LogP contribution < -0.4 is 0 Å². The van der Waals surface area contributed by atoms with Gasteiger partial charge in [-0.2, -0.15) is 0 Å². The van der Waals surface area contributed by atoms with Crippen LogP contribution in [0.25, 0.3) is 188 Å². The molecule has 0 aliphatic carbocycles. The largest absolute Gasteiger partial charge is 0.309 e. The summed E-state index contributed by atoms with van der Waals surface area (Å²) >= 11 is 0. The highest BCUT2D eigenvalue weighted by atomic mass is 15.2. The monoisotopic (exact) mass is 1270 g/mol. The van der Waals surface area contributed by atoms with Crippen molar-refractivity contribution in [2.24, 2.45) is 0 Å². The van der Waals surface area contributed by atoms with Crippen molar-refractivity contribution in [3.63, 3.8) is 0 Å². The number of benzene rings is 15. The van der Waals surface area contributed by atoms with Gasteiger partial charge in [0, 0.05) is 71.3 Å². The molecule has 0 aliphatic rings. The molecule has 0 aliphatic heterocycles. The van der Waals surface area contributed by atoms with E-state index in [1.54, 1.807) is 0 Å². The molecule has 0 spiro atoms. The predicted octanol–water partition coefficient (Wildman–Crippen LogP) is 24.5. The van der Waals surface area contributed by atoms with Gasteiger partial charge in [0.2, 0.25) is 5.95 Å². The van der Waals surface area contributed by atoms with E-state index in [1.165, 1.54) is 76.6 Å². The summed E-state index contributed by atoms with van der Waals surface area (Å²) in [7, 11) is 0. The Hall–Kier alpha value is -13.4. The van der Waals surface area contributed by atoms with Crippen molar-refractivity contribution in [1.29, 1.82) is 0 Å². The highest BCUT2D eigenvalue weighted by Gasteiger charge is 2.22. The average Bonchev–Trinajstić information content (AvgIpc) is 1.49. The number of hydrogen-bond donors (Lipinski definition) is 0. The van der Waals surface area contributed by atoms with E-state index in [9.17, 15) is 0 Å². The molecular weight excluding hydrogens is 1210 g/mol. The normalized spacial score (nSPS) is 11.8. The Labute approximate surface area is 577 Å². The van der Waals surface area contributed by atoms with E-state index in [2.05, 4.69) is 382 Å². The average molecular weight is 1270 g/mol. The zero-order valence-electron chi connectivity index (χ0n) is 54.3. The molecular formula is C94H60N6. The van der Waals surface area contributed by atoms with Gasteiger partial charge in [-0.1, -0.05) is 249 Å². The van der Waals surface area contributed by atoms with Crippen molar-refractivity contribution in [3.05, 3.63) is 364 Å². The van der Waals surface area contributed by atoms with Crippen LogP contribution in [0, 0.1) is 0 Å². The van der Waals surface area contributed by atoms with Crippen LogP contribution in [0.4, 0.5) is 0 Å². The molecule has 0 bridgehead atoms. The summed E-state index contributed by atoms with van der Waals surface area (Å²) in [5.41, 5.74) is 27.4. The molecule has 20 rings (SSSR count). The first-order chi connectivity index (χ1) is 49.6. The van der Waals surface area contributed by atoms with Gasteiger partial charge in [0.15, 0.2) is 0 Å². The minimum atomic E-state index is 0.585. The number of fused-ring (bicyclic) bond motifs is 12. The molecule has 6 heteroatoms. The maximum atomic E-state index is 5.70. The fourth-order valence-corrected chi connectivity index (χ4v) is 15.8. The van der Waals surface area contributed by atoms with Crippen molar-refractivity contribution in [1.82, 2.24) is 28.2 Å². The van der Waals surface area contributed by atoms with E-state index >= 15 is 0 Å². The van der Waals surface area contributed by atoms with Gasteiger partial charge in [0.05, 0.1) is 55.5 Å². The van der Waals surface area contributed by atoms with Crippen LogP contribution in [0.3, 0.4) is 0 Å². The summed E-state index contributed by atoms with van der Waals surface area (Å²) in [5, 5.41) is 9.55. The Morgan fingerprint density at radius 2 is 0.490 bits per heavy atom. The topological polar surface area (TPSA) is 45.5 Å². The molecule has 0 atom stereocenters. The predicted molar refractivity (Wildman–Crippen MR) is 417 cm³/mol. The number of para-hydroxylation sites is 6. The second-order valence-electron chi connectivity index (χ2n) is 26.1. The van der Waals surface area contributed by atoms with Crippen molar-refractivity contribution in [2.45, 2.75) is 0 Å². The SMILES string of the molecule is c1ccc(-c2ccc(-c3cccc(-c4cc(-c5cccc(-n6c7ccccc7c7cc(-c8ccc9c%10ccccc%10n(-c%10ccccc%10)c9c8)ccc76)c5)nc(-n5c6ccccc6c6cc(-c7ccc8c9ccccc9n(-c9ccccc9)c8c7)ccc65)n4)c3)cc2-c2ccccc2)cc1. The third kappa shape index (κ3) is 9.34. The van der Waals surface area contributed by atoms with Gasteiger partial charge < -0.3 is 13.7 Å². The van der Waals surface area contributed by atoms with Gasteiger partial charge in [-0.05, 0) is 171 Å². The summed E-state index contributed by atoms with van der Waals surface area (Å²) in [5.74, 6) is 0.585. The maximum Gasteiger partial charge on any atom is 0.235 e. The molecule has 0 N–H and O–H groups in total.